The van der Waals surface area contributed by atoms with E-state index < -0.39 is 0 Å². The van der Waals surface area contributed by atoms with Crippen LogP contribution in [0.4, 0.5) is 0 Å². The van der Waals surface area contributed by atoms with Gasteiger partial charge in [0.15, 0.2) is 5.78 Å². The van der Waals surface area contributed by atoms with Crippen molar-refractivity contribution in [1.82, 2.24) is 0 Å². The number of carbonyl (C=O) groups excluding carboxylic acids is 1. The van der Waals surface area contributed by atoms with E-state index in [1.54, 1.807) is 11.3 Å². The second-order valence-electron chi connectivity index (χ2n) is 6.59. The van der Waals surface area contributed by atoms with Gasteiger partial charge < -0.3 is 0 Å². The van der Waals surface area contributed by atoms with Gasteiger partial charge in [-0.3, -0.25) is 4.79 Å². The number of hydrogen-bond donors (Lipinski definition) is 0. The molecule has 1 fully saturated rings. The Morgan fingerprint density at radius 3 is 2.68 bits per heavy atom. The van der Waals surface area contributed by atoms with Crippen molar-refractivity contribution in [2.45, 2.75) is 58.8 Å². The minimum absolute atomic E-state index is 0.298. The highest BCUT2D eigenvalue weighted by atomic mass is 32.1. The van der Waals surface area contributed by atoms with Gasteiger partial charge in [-0.05, 0) is 68.4 Å². The maximum Gasteiger partial charge on any atom is 0.175 e. The van der Waals surface area contributed by atoms with Gasteiger partial charge in [0.2, 0.25) is 0 Å². The normalized spacial score (nSPS) is 30.9. The Bertz CT molecular complexity index is 450. The molecule has 2 aliphatic carbocycles. The van der Waals surface area contributed by atoms with Gasteiger partial charge in [-0.1, -0.05) is 13.8 Å². The van der Waals surface area contributed by atoms with Crippen LogP contribution < -0.4 is 0 Å². The Balaban J connectivity index is 1.75. The van der Waals surface area contributed by atoms with Crippen LogP contribution in [0.2, 0.25) is 0 Å². The van der Waals surface area contributed by atoms with E-state index in [2.05, 4.69) is 19.9 Å². The summed E-state index contributed by atoms with van der Waals surface area (Å²) in [7, 11) is 0. The van der Waals surface area contributed by atoms with E-state index in [-0.39, 0.29) is 0 Å². The zero-order chi connectivity index (χ0) is 13.4. The first-order valence-electron chi connectivity index (χ1n) is 7.81. The van der Waals surface area contributed by atoms with Crippen molar-refractivity contribution in [2.75, 3.05) is 0 Å². The molecule has 1 aromatic rings. The number of carbonyl (C=O) groups is 1. The topological polar surface area (TPSA) is 17.1 Å². The standard InChI is InChI=1S/C17H24OS/c1-11-7-8-14(9-12(11)2)17(18)16-10-13-5-3-4-6-15(13)19-16/h10-12,14H,3-9H2,1-2H3. The van der Waals surface area contributed by atoms with Crippen LogP contribution in [0, 0.1) is 17.8 Å². The molecule has 0 aromatic carbocycles. The van der Waals surface area contributed by atoms with Crippen LogP contribution in [0.3, 0.4) is 0 Å². The zero-order valence-corrected chi connectivity index (χ0v) is 12.9. The lowest BCUT2D eigenvalue weighted by atomic mass is 9.74. The van der Waals surface area contributed by atoms with E-state index in [0.29, 0.717) is 17.6 Å². The average Bonchev–Trinajstić information content (AvgIpc) is 2.85. The van der Waals surface area contributed by atoms with Crippen LogP contribution in [-0.4, -0.2) is 5.78 Å². The zero-order valence-electron chi connectivity index (χ0n) is 12.1. The van der Waals surface area contributed by atoms with Crippen LogP contribution in [0.15, 0.2) is 6.07 Å². The van der Waals surface area contributed by atoms with E-state index in [4.69, 9.17) is 0 Å². The van der Waals surface area contributed by atoms with Crippen LogP contribution >= 0.6 is 11.3 Å². The molecule has 1 aromatic heterocycles. The van der Waals surface area contributed by atoms with Crippen molar-refractivity contribution in [3.05, 3.63) is 21.4 Å². The van der Waals surface area contributed by atoms with E-state index >= 15 is 0 Å². The van der Waals surface area contributed by atoms with Gasteiger partial charge in [-0.2, -0.15) is 0 Å². The maximum atomic E-state index is 12.7. The maximum absolute atomic E-state index is 12.7. The first-order chi connectivity index (χ1) is 9.15. The summed E-state index contributed by atoms with van der Waals surface area (Å²) < 4.78 is 0. The van der Waals surface area contributed by atoms with Crippen LogP contribution in [0.25, 0.3) is 0 Å². The Labute approximate surface area is 120 Å². The number of fused-ring (bicyclic) bond motifs is 1. The summed E-state index contributed by atoms with van der Waals surface area (Å²) in [6.07, 6.45) is 8.43. The molecule has 19 heavy (non-hydrogen) atoms. The van der Waals surface area contributed by atoms with Gasteiger partial charge in [0.25, 0.3) is 0 Å². The molecule has 104 valence electrons. The Hall–Kier alpha value is -0.630. The third-order valence-corrected chi connectivity index (χ3v) is 6.46. The molecule has 0 saturated heterocycles. The lowest BCUT2D eigenvalue weighted by molar-refractivity contribution is 0.0842. The highest BCUT2D eigenvalue weighted by Gasteiger charge is 2.31. The third-order valence-electron chi connectivity index (χ3n) is 5.21. The summed E-state index contributed by atoms with van der Waals surface area (Å²) in [6, 6.07) is 2.21. The molecule has 0 radical (unpaired) electrons. The highest BCUT2D eigenvalue weighted by molar-refractivity contribution is 7.14. The van der Waals surface area contributed by atoms with Gasteiger partial charge in [-0.15, -0.1) is 11.3 Å². The van der Waals surface area contributed by atoms with Gasteiger partial charge in [0.05, 0.1) is 4.88 Å². The summed E-state index contributed by atoms with van der Waals surface area (Å²) in [5.74, 6) is 2.24. The Morgan fingerprint density at radius 2 is 1.95 bits per heavy atom. The quantitative estimate of drug-likeness (QED) is 0.703. The minimum atomic E-state index is 0.298. The fourth-order valence-corrected chi connectivity index (χ4v) is 4.87. The molecule has 2 aliphatic rings. The second-order valence-corrected chi connectivity index (χ2v) is 7.73. The van der Waals surface area contributed by atoms with Crippen molar-refractivity contribution >= 4 is 17.1 Å². The first-order valence-corrected chi connectivity index (χ1v) is 8.62. The monoisotopic (exact) mass is 276 g/mol. The van der Waals surface area contributed by atoms with Crippen LogP contribution in [0.5, 0.6) is 0 Å². The Morgan fingerprint density at radius 1 is 1.16 bits per heavy atom. The van der Waals surface area contributed by atoms with E-state index in [1.807, 2.05) is 0 Å². The predicted octanol–water partition coefficient (Wildman–Crippen LogP) is 4.88. The fraction of sp³-hybridized carbons (Fsp3) is 0.706. The van der Waals surface area contributed by atoms with Gasteiger partial charge in [0, 0.05) is 10.8 Å². The molecular formula is C17H24OS. The number of aryl methyl sites for hydroxylation is 2. The summed E-state index contributed by atoms with van der Waals surface area (Å²) >= 11 is 1.79. The largest absolute Gasteiger partial charge is 0.293 e. The molecule has 1 nitrogen and oxygen atoms in total. The smallest absolute Gasteiger partial charge is 0.175 e. The molecule has 0 amide bonds. The summed E-state index contributed by atoms with van der Waals surface area (Å²) in [5.41, 5.74) is 1.47. The van der Waals surface area contributed by atoms with Crippen molar-refractivity contribution in [3.63, 3.8) is 0 Å². The fourth-order valence-electron chi connectivity index (χ4n) is 3.60. The number of Topliss-reactive ketones (excluding diaryl/α,β-unsaturated/α-hetero) is 1. The number of hydrogen-bond acceptors (Lipinski definition) is 2. The van der Waals surface area contributed by atoms with Gasteiger partial charge in [-0.25, -0.2) is 0 Å². The molecule has 0 spiro atoms. The third kappa shape index (κ3) is 2.65. The molecule has 1 heterocycles. The summed E-state index contributed by atoms with van der Waals surface area (Å²) in [4.78, 5) is 15.2. The number of rotatable bonds is 2. The summed E-state index contributed by atoms with van der Waals surface area (Å²) in [6.45, 7) is 4.64. The highest BCUT2D eigenvalue weighted by Crippen LogP contribution is 2.37. The SMILES string of the molecule is CC1CCC(C(=O)c2cc3c(s2)CCCC3)CC1C. The van der Waals surface area contributed by atoms with Gasteiger partial charge in [0.1, 0.15) is 0 Å². The molecule has 0 aliphatic heterocycles. The summed E-state index contributed by atoms with van der Waals surface area (Å²) in [5, 5.41) is 0. The average molecular weight is 276 g/mol. The van der Waals surface area contributed by atoms with Crippen molar-refractivity contribution in [2.24, 2.45) is 17.8 Å². The number of ketones is 1. The van der Waals surface area contributed by atoms with Crippen LogP contribution in [0.1, 0.15) is 66.1 Å². The predicted molar refractivity (Wildman–Crippen MR) is 81.0 cm³/mol. The lowest BCUT2D eigenvalue weighted by Gasteiger charge is -2.30. The molecule has 3 unspecified atom stereocenters. The van der Waals surface area contributed by atoms with Crippen molar-refractivity contribution in [1.29, 1.82) is 0 Å². The minimum Gasteiger partial charge on any atom is -0.293 e. The molecule has 0 bridgehead atoms. The molecule has 3 atom stereocenters. The molecule has 3 rings (SSSR count). The molecule has 1 saturated carbocycles. The first kappa shape index (κ1) is 13.4. The van der Waals surface area contributed by atoms with Crippen molar-refractivity contribution in [3.8, 4) is 0 Å². The van der Waals surface area contributed by atoms with Gasteiger partial charge >= 0.3 is 0 Å². The number of thiophene rings is 1. The second kappa shape index (κ2) is 5.40. The Kier molecular flexibility index (Phi) is 3.79. The van der Waals surface area contributed by atoms with Crippen LogP contribution in [-0.2, 0) is 12.8 Å². The lowest BCUT2D eigenvalue weighted by Crippen LogP contribution is -2.26. The molecule has 0 N–H and O–H groups in total. The molecule has 2 heteroatoms. The van der Waals surface area contributed by atoms with E-state index in [0.717, 1.165) is 23.6 Å². The van der Waals surface area contributed by atoms with E-state index in [9.17, 15) is 4.79 Å². The van der Waals surface area contributed by atoms with Crippen molar-refractivity contribution < 1.29 is 4.79 Å². The van der Waals surface area contributed by atoms with E-state index in [1.165, 1.54) is 42.5 Å². The molecular weight excluding hydrogens is 252 g/mol.